The molecule has 4 aliphatic carbocycles. The lowest BCUT2D eigenvalue weighted by Crippen LogP contribution is -2.63. The maximum atomic E-state index is 13.7. The highest BCUT2D eigenvalue weighted by Crippen LogP contribution is 2.55. The summed E-state index contributed by atoms with van der Waals surface area (Å²) in [6.07, 6.45) is -0.147. The molecule has 0 spiro atoms. The third-order valence-electron chi connectivity index (χ3n) is 10.3. The fraction of sp³-hybridized carbons (Fsp3) is 0.581. The summed E-state index contributed by atoms with van der Waals surface area (Å²) >= 11 is 0. The van der Waals surface area contributed by atoms with Crippen LogP contribution in [0.5, 0.6) is 0 Å². The van der Waals surface area contributed by atoms with Gasteiger partial charge in [-0.15, -0.1) is 0 Å². The third-order valence-corrected chi connectivity index (χ3v) is 12.1. The van der Waals surface area contributed by atoms with Crippen LogP contribution in [-0.2, 0) is 10.0 Å². The molecule has 2 heterocycles. The Kier molecular flexibility index (Phi) is 7.28. The minimum Gasteiger partial charge on any atom is -0.390 e. The first-order chi connectivity index (χ1) is 20.9. The van der Waals surface area contributed by atoms with Crippen LogP contribution < -0.4 is 20.0 Å². The van der Waals surface area contributed by atoms with Crippen LogP contribution in [0.2, 0.25) is 0 Å². The number of anilines is 4. The number of benzene rings is 2. The van der Waals surface area contributed by atoms with Gasteiger partial charge in [0.15, 0.2) is 5.75 Å². The topological polar surface area (TPSA) is 96.4 Å². The second-order valence-electron chi connectivity index (χ2n) is 13.2. The zero-order valence-corrected chi connectivity index (χ0v) is 25.2. The molecule has 4 bridgehead atoms. The molecule has 8 rings (SSSR count). The van der Waals surface area contributed by atoms with Gasteiger partial charge < -0.3 is 20.2 Å². The SMILES string of the molecule is O=C(NC1[C@@H]2CC3C[C@H]1CC(O)(C3)C2)N1CCN(c2ccc(N3CCN(S(=O)(=O)CC(F)(F)F)CC3)cc2)c2ccccc21. The van der Waals surface area contributed by atoms with Gasteiger partial charge in [0.25, 0.3) is 0 Å². The molecule has 2 N–H and O–H groups in total. The van der Waals surface area contributed by atoms with Crippen LogP contribution in [-0.4, -0.2) is 86.7 Å². The van der Waals surface area contributed by atoms with Crippen LogP contribution in [0.25, 0.3) is 0 Å². The molecular formula is C31H38F3N5O4S. The number of para-hydroxylation sites is 2. The van der Waals surface area contributed by atoms with Crippen molar-refractivity contribution in [3.63, 3.8) is 0 Å². The zero-order valence-electron chi connectivity index (χ0n) is 24.4. The van der Waals surface area contributed by atoms with Crippen molar-refractivity contribution in [3.05, 3.63) is 48.5 Å². The average Bonchev–Trinajstić information content (AvgIpc) is 2.96. The molecule has 1 saturated heterocycles. The Labute approximate surface area is 255 Å². The van der Waals surface area contributed by atoms with Crippen LogP contribution >= 0.6 is 0 Å². The van der Waals surface area contributed by atoms with E-state index in [1.54, 1.807) is 0 Å². The Morgan fingerprint density at radius 2 is 1.48 bits per heavy atom. The molecule has 4 saturated carbocycles. The van der Waals surface area contributed by atoms with E-state index in [1.165, 1.54) is 0 Å². The summed E-state index contributed by atoms with van der Waals surface area (Å²) < 4.78 is 63.3. The number of halogens is 3. The summed E-state index contributed by atoms with van der Waals surface area (Å²) in [5.41, 5.74) is 3.02. The molecule has 9 nitrogen and oxygen atoms in total. The summed E-state index contributed by atoms with van der Waals surface area (Å²) in [6, 6.07) is 15.7. The number of carbonyl (C=O) groups excluding carboxylic acids is 1. The molecule has 0 aromatic heterocycles. The molecule has 3 unspecified atom stereocenters. The summed E-state index contributed by atoms with van der Waals surface area (Å²) in [4.78, 5) is 19.7. The van der Waals surface area contributed by atoms with Gasteiger partial charge in [-0.3, -0.25) is 4.90 Å². The van der Waals surface area contributed by atoms with Crippen LogP contribution in [0.1, 0.15) is 32.1 Å². The number of aliphatic hydroxyl groups is 1. The highest BCUT2D eigenvalue weighted by Gasteiger charge is 2.55. The number of piperazine rings is 1. The smallest absolute Gasteiger partial charge is 0.390 e. The van der Waals surface area contributed by atoms with E-state index < -0.39 is 27.6 Å². The number of nitrogens with one attached hydrogen (secondary N) is 1. The monoisotopic (exact) mass is 633 g/mol. The van der Waals surface area contributed by atoms with Crippen molar-refractivity contribution in [1.29, 1.82) is 0 Å². The lowest BCUT2D eigenvalue weighted by Gasteiger charge is -2.58. The number of fused-ring (bicyclic) bond motifs is 1. The first-order valence-corrected chi connectivity index (χ1v) is 17.0. The van der Waals surface area contributed by atoms with Crippen LogP contribution in [0.4, 0.5) is 40.7 Å². The summed E-state index contributed by atoms with van der Waals surface area (Å²) in [6.45, 7) is 1.71. The number of hydrogen-bond acceptors (Lipinski definition) is 6. The molecule has 2 aromatic carbocycles. The van der Waals surface area contributed by atoms with E-state index in [0.717, 1.165) is 59.2 Å². The molecular weight excluding hydrogens is 595 g/mol. The van der Waals surface area contributed by atoms with Gasteiger partial charge in [-0.25, -0.2) is 13.2 Å². The van der Waals surface area contributed by atoms with Gasteiger partial charge in [-0.2, -0.15) is 17.5 Å². The fourth-order valence-electron chi connectivity index (χ4n) is 8.64. The Morgan fingerprint density at radius 3 is 2.09 bits per heavy atom. The van der Waals surface area contributed by atoms with Crippen LogP contribution in [0, 0.1) is 17.8 Å². The molecule has 2 aliphatic heterocycles. The van der Waals surface area contributed by atoms with Crippen molar-refractivity contribution in [2.45, 2.75) is 49.9 Å². The van der Waals surface area contributed by atoms with Gasteiger partial charge in [0.2, 0.25) is 10.0 Å². The molecule has 5 fully saturated rings. The van der Waals surface area contributed by atoms with E-state index in [9.17, 15) is 31.5 Å². The number of urea groups is 1. The number of hydrogen-bond donors (Lipinski definition) is 2. The lowest BCUT2D eigenvalue weighted by molar-refractivity contribution is -0.136. The molecule has 2 amide bonds. The second kappa shape index (κ2) is 10.8. The zero-order chi connectivity index (χ0) is 30.9. The maximum absolute atomic E-state index is 13.7. The number of amides is 2. The first-order valence-electron chi connectivity index (χ1n) is 15.4. The predicted molar refractivity (Wildman–Crippen MR) is 162 cm³/mol. The number of sulfonamides is 1. The van der Waals surface area contributed by atoms with Crippen molar-refractivity contribution in [3.8, 4) is 0 Å². The molecule has 0 radical (unpaired) electrons. The van der Waals surface area contributed by atoms with Crippen LogP contribution in [0.3, 0.4) is 0 Å². The minimum absolute atomic E-state index is 0.00136. The van der Waals surface area contributed by atoms with Crippen molar-refractivity contribution in [2.75, 3.05) is 59.7 Å². The quantitative estimate of drug-likeness (QED) is 0.510. The summed E-state index contributed by atoms with van der Waals surface area (Å²) in [5, 5.41) is 14.3. The molecule has 6 aliphatic rings. The Hall–Kier alpha value is -3.03. The van der Waals surface area contributed by atoms with E-state index in [2.05, 4.69) is 10.2 Å². The number of nitrogens with zero attached hydrogens (tertiary/aromatic N) is 4. The van der Waals surface area contributed by atoms with Gasteiger partial charge in [0, 0.05) is 56.7 Å². The number of rotatable bonds is 5. The van der Waals surface area contributed by atoms with E-state index in [0.29, 0.717) is 43.9 Å². The van der Waals surface area contributed by atoms with E-state index in [-0.39, 0.29) is 25.2 Å². The Bertz CT molecular complexity index is 1500. The molecule has 44 heavy (non-hydrogen) atoms. The van der Waals surface area contributed by atoms with E-state index in [1.807, 2.05) is 58.3 Å². The summed E-state index contributed by atoms with van der Waals surface area (Å²) in [7, 11) is -4.39. The average molecular weight is 634 g/mol. The van der Waals surface area contributed by atoms with Gasteiger partial charge in [0.1, 0.15) is 0 Å². The van der Waals surface area contributed by atoms with Crippen molar-refractivity contribution in [1.82, 2.24) is 9.62 Å². The number of carbonyl (C=O) groups is 1. The minimum atomic E-state index is -4.77. The van der Waals surface area contributed by atoms with Crippen molar-refractivity contribution >= 4 is 38.8 Å². The van der Waals surface area contributed by atoms with Gasteiger partial charge >= 0.3 is 12.2 Å². The largest absolute Gasteiger partial charge is 0.404 e. The number of alkyl halides is 3. The van der Waals surface area contributed by atoms with Crippen molar-refractivity contribution in [2.24, 2.45) is 17.8 Å². The van der Waals surface area contributed by atoms with Gasteiger partial charge in [0.05, 0.1) is 17.0 Å². The maximum Gasteiger partial charge on any atom is 0.404 e. The molecule has 5 atom stereocenters. The fourth-order valence-corrected chi connectivity index (χ4v) is 9.96. The summed E-state index contributed by atoms with van der Waals surface area (Å²) in [5.74, 6) is -0.599. The molecule has 13 heteroatoms. The third kappa shape index (κ3) is 5.62. The lowest BCUT2D eigenvalue weighted by atomic mass is 9.52. The normalized spacial score (nSPS) is 30.4. The highest BCUT2D eigenvalue weighted by molar-refractivity contribution is 7.89. The van der Waals surface area contributed by atoms with Crippen molar-refractivity contribution < 1.29 is 31.5 Å². The predicted octanol–water partition coefficient (Wildman–Crippen LogP) is 4.31. The highest BCUT2D eigenvalue weighted by atomic mass is 32.2. The van der Waals surface area contributed by atoms with E-state index >= 15 is 0 Å². The molecule has 2 aromatic rings. The second-order valence-corrected chi connectivity index (χ2v) is 15.2. The Balaban J connectivity index is 1.01. The Morgan fingerprint density at radius 1 is 0.864 bits per heavy atom. The standard InChI is InChI=1S/C31H38F3N5O4S/c32-31(33,34)20-44(42,43)37-11-9-36(10-12-37)24-5-7-25(8-6-24)38-13-14-39(27-4-2-1-3-26(27)38)29(40)35-28-22-15-21-16-23(28)19-30(41,17-21)18-22/h1-8,21-23,28,41H,9-20H2,(H,35,40)/t21?,22-,23+,28?,30?. The van der Waals surface area contributed by atoms with Gasteiger partial charge in [-0.05, 0) is 86.3 Å². The molecule has 238 valence electrons. The van der Waals surface area contributed by atoms with E-state index in [4.69, 9.17) is 0 Å². The van der Waals surface area contributed by atoms with Crippen LogP contribution in [0.15, 0.2) is 48.5 Å². The first kappa shape index (κ1) is 29.7. The van der Waals surface area contributed by atoms with Gasteiger partial charge in [-0.1, -0.05) is 12.1 Å².